The summed E-state index contributed by atoms with van der Waals surface area (Å²) in [5, 5.41) is 18.0. The number of fused-ring (bicyclic) bond motifs is 1. The molecule has 0 aliphatic carbocycles. The molecule has 2 aromatic carbocycles. The van der Waals surface area contributed by atoms with E-state index in [1.807, 2.05) is 6.07 Å². The summed E-state index contributed by atoms with van der Waals surface area (Å²) < 4.78 is 12.9. The number of nitrogens with zero attached hydrogens (tertiary/aromatic N) is 3. The summed E-state index contributed by atoms with van der Waals surface area (Å²) >= 11 is 12.3. The van der Waals surface area contributed by atoms with Crippen molar-refractivity contribution in [3.63, 3.8) is 0 Å². The first-order valence-electron chi connectivity index (χ1n) is 7.57. The van der Waals surface area contributed by atoms with Gasteiger partial charge in [-0.15, -0.1) is 5.10 Å². The lowest BCUT2D eigenvalue weighted by molar-refractivity contribution is 0.0661. The molecule has 132 valence electrons. The maximum atomic E-state index is 11.6. The molecule has 7 nitrogen and oxygen atoms in total. The van der Waals surface area contributed by atoms with Gasteiger partial charge in [0.1, 0.15) is 12.3 Å². The molecule has 4 rings (SSSR count). The molecule has 26 heavy (non-hydrogen) atoms. The van der Waals surface area contributed by atoms with Crippen molar-refractivity contribution in [2.45, 2.75) is 6.10 Å². The van der Waals surface area contributed by atoms with E-state index in [2.05, 4.69) is 10.3 Å². The third kappa shape index (κ3) is 2.85. The Balaban J connectivity index is 1.84. The molecule has 0 fully saturated rings. The van der Waals surface area contributed by atoms with Crippen LogP contribution in [0.25, 0.3) is 5.69 Å². The smallest absolute Gasteiger partial charge is 0.358 e. The van der Waals surface area contributed by atoms with Crippen LogP contribution in [0.5, 0.6) is 11.5 Å². The second-order valence-electron chi connectivity index (χ2n) is 5.50. The van der Waals surface area contributed by atoms with Gasteiger partial charge in [0.05, 0.1) is 10.7 Å². The van der Waals surface area contributed by atoms with Gasteiger partial charge in [-0.1, -0.05) is 40.5 Å². The molecule has 0 amide bonds. The maximum absolute atomic E-state index is 11.6. The van der Waals surface area contributed by atoms with E-state index in [1.54, 1.807) is 36.4 Å². The van der Waals surface area contributed by atoms with Crippen molar-refractivity contribution in [3.05, 3.63) is 63.9 Å². The molecular formula is C17H11Cl2N3O4. The molecule has 0 bridgehead atoms. The fourth-order valence-electron chi connectivity index (χ4n) is 2.71. The molecule has 1 N–H and O–H groups in total. The fourth-order valence-corrected chi connectivity index (χ4v) is 3.07. The number of carboxylic acids is 1. The van der Waals surface area contributed by atoms with Gasteiger partial charge in [-0.25, -0.2) is 9.48 Å². The highest BCUT2D eigenvalue weighted by atomic mass is 35.5. The second-order valence-corrected chi connectivity index (χ2v) is 6.34. The summed E-state index contributed by atoms with van der Waals surface area (Å²) in [4.78, 5) is 11.6. The number of benzene rings is 2. The van der Waals surface area contributed by atoms with Crippen molar-refractivity contribution in [3.8, 4) is 17.2 Å². The monoisotopic (exact) mass is 391 g/mol. The van der Waals surface area contributed by atoms with Crippen LogP contribution < -0.4 is 9.47 Å². The molecule has 0 saturated carbocycles. The zero-order chi connectivity index (χ0) is 18.3. The van der Waals surface area contributed by atoms with E-state index in [9.17, 15) is 9.90 Å². The summed E-state index contributed by atoms with van der Waals surface area (Å²) in [6, 6.07) is 11.9. The quantitative estimate of drug-likeness (QED) is 0.730. The first kappa shape index (κ1) is 16.7. The number of aromatic nitrogens is 3. The van der Waals surface area contributed by atoms with E-state index >= 15 is 0 Å². The van der Waals surface area contributed by atoms with Crippen molar-refractivity contribution < 1.29 is 19.4 Å². The number of hydrogen-bond acceptors (Lipinski definition) is 5. The van der Waals surface area contributed by atoms with E-state index < -0.39 is 12.1 Å². The Hall–Kier alpha value is -2.77. The normalized spacial score (nSPS) is 15.7. The topological polar surface area (TPSA) is 86.5 Å². The zero-order valence-electron chi connectivity index (χ0n) is 13.1. The summed E-state index contributed by atoms with van der Waals surface area (Å²) in [5.41, 5.74) is 0.377. The van der Waals surface area contributed by atoms with Gasteiger partial charge in [-0.3, -0.25) is 0 Å². The lowest BCUT2D eigenvalue weighted by Crippen LogP contribution is -2.26. The Morgan fingerprint density at radius 3 is 2.73 bits per heavy atom. The SMILES string of the molecule is O=C(O)c1nnn(-c2cc(Cl)ccc2Cl)c1C1COc2ccccc2O1. The molecule has 0 saturated heterocycles. The summed E-state index contributed by atoms with van der Waals surface area (Å²) in [5.74, 6) is -0.141. The number of ether oxygens (including phenoxy) is 2. The molecule has 0 radical (unpaired) electrons. The van der Waals surface area contributed by atoms with Crippen molar-refractivity contribution in [1.82, 2.24) is 15.0 Å². The van der Waals surface area contributed by atoms with Gasteiger partial charge in [-0.2, -0.15) is 0 Å². The van der Waals surface area contributed by atoms with E-state index in [0.717, 1.165) is 0 Å². The van der Waals surface area contributed by atoms with Crippen LogP contribution in [0.4, 0.5) is 0 Å². The van der Waals surface area contributed by atoms with Crippen molar-refractivity contribution >= 4 is 29.2 Å². The van der Waals surface area contributed by atoms with E-state index in [1.165, 1.54) is 4.68 Å². The van der Waals surface area contributed by atoms with Crippen LogP contribution in [-0.4, -0.2) is 32.7 Å². The standard InChI is InChI=1S/C17H11Cl2N3O4/c18-9-5-6-10(19)11(7-9)22-16(15(17(23)24)20-21-22)14-8-25-12-3-1-2-4-13(12)26-14/h1-7,14H,8H2,(H,23,24). The number of carboxylic acid groups (broad SMARTS) is 1. The van der Waals surface area contributed by atoms with Crippen LogP contribution in [-0.2, 0) is 0 Å². The van der Waals surface area contributed by atoms with Gasteiger partial charge in [0.2, 0.25) is 0 Å². The van der Waals surface area contributed by atoms with Crippen molar-refractivity contribution in [1.29, 1.82) is 0 Å². The van der Waals surface area contributed by atoms with E-state index in [4.69, 9.17) is 32.7 Å². The van der Waals surface area contributed by atoms with Crippen LogP contribution in [0.15, 0.2) is 42.5 Å². The largest absolute Gasteiger partial charge is 0.485 e. The minimum absolute atomic E-state index is 0.100. The molecule has 1 aliphatic rings. The second kappa shape index (κ2) is 6.51. The highest BCUT2D eigenvalue weighted by Crippen LogP contribution is 2.37. The number of carbonyl (C=O) groups is 1. The Morgan fingerprint density at radius 1 is 1.19 bits per heavy atom. The van der Waals surface area contributed by atoms with Crippen LogP contribution in [0.2, 0.25) is 10.0 Å². The summed E-state index contributed by atoms with van der Waals surface area (Å²) in [6.45, 7) is 0.100. The van der Waals surface area contributed by atoms with Crippen LogP contribution in [0.1, 0.15) is 22.3 Å². The van der Waals surface area contributed by atoms with Gasteiger partial charge in [0.25, 0.3) is 0 Å². The molecule has 1 unspecified atom stereocenters. The van der Waals surface area contributed by atoms with Crippen LogP contribution in [0, 0.1) is 0 Å². The molecule has 1 aliphatic heterocycles. The van der Waals surface area contributed by atoms with Crippen LogP contribution in [0.3, 0.4) is 0 Å². The van der Waals surface area contributed by atoms with Gasteiger partial charge in [0, 0.05) is 5.02 Å². The number of para-hydroxylation sites is 2. The van der Waals surface area contributed by atoms with Gasteiger partial charge in [0.15, 0.2) is 23.3 Å². The zero-order valence-corrected chi connectivity index (χ0v) is 14.6. The molecule has 2 heterocycles. The number of hydrogen-bond donors (Lipinski definition) is 1. The predicted molar refractivity (Wildman–Crippen MR) is 93.6 cm³/mol. The maximum Gasteiger partial charge on any atom is 0.358 e. The third-order valence-corrected chi connectivity index (χ3v) is 4.41. The Bertz CT molecular complexity index is 1010. The average Bonchev–Trinajstić information content (AvgIpc) is 3.08. The molecular weight excluding hydrogens is 381 g/mol. The predicted octanol–water partition coefficient (Wildman–Crippen LogP) is 3.78. The Morgan fingerprint density at radius 2 is 1.96 bits per heavy atom. The average molecular weight is 392 g/mol. The number of rotatable bonds is 3. The highest BCUT2D eigenvalue weighted by Gasteiger charge is 2.33. The molecule has 1 aromatic heterocycles. The minimum atomic E-state index is -1.23. The van der Waals surface area contributed by atoms with Crippen molar-refractivity contribution in [2.75, 3.05) is 6.61 Å². The third-order valence-electron chi connectivity index (χ3n) is 3.86. The lowest BCUT2D eigenvalue weighted by atomic mass is 10.1. The highest BCUT2D eigenvalue weighted by molar-refractivity contribution is 6.34. The molecule has 9 heteroatoms. The van der Waals surface area contributed by atoms with E-state index in [-0.39, 0.29) is 18.0 Å². The summed E-state index contributed by atoms with van der Waals surface area (Å²) in [6.07, 6.45) is -0.735. The Kier molecular flexibility index (Phi) is 4.18. The van der Waals surface area contributed by atoms with Gasteiger partial charge in [-0.05, 0) is 30.3 Å². The first-order chi connectivity index (χ1) is 12.5. The fraction of sp³-hybridized carbons (Fsp3) is 0.118. The molecule has 0 spiro atoms. The van der Waals surface area contributed by atoms with Gasteiger partial charge < -0.3 is 14.6 Å². The number of aromatic carboxylic acids is 1. The summed E-state index contributed by atoms with van der Waals surface area (Å²) in [7, 11) is 0. The first-order valence-corrected chi connectivity index (χ1v) is 8.33. The molecule has 1 atom stereocenters. The van der Waals surface area contributed by atoms with Gasteiger partial charge >= 0.3 is 5.97 Å². The van der Waals surface area contributed by atoms with E-state index in [0.29, 0.717) is 27.2 Å². The lowest BCUT2D eigenvalue weighted by Gasteiger charge is -2.27. The number of halogens is 2. The van der Waals surface area contributed by atoms with Crippen molar-refractivity contribution in [2.24, 2.45) is 0 Å². The molecule has 3 aromatic rings. The Labute approximate surface area is 157 Å². The van der Waals surface area contributed by atoms with Crippen LogP contribution >= 0.6 is 23.2 Å². The minimum Gasteiger partial charge on any atom is -0.485 e.